The second kappa shape index (κ2) is 10.8. The first kappa shape index (κ1) is 23.3. The van der Waals surface area contributed by atoms with Gasteiger partial charge in [0, 0.05) is 24.9 Å². The molecule has 8 nitrogen and oxygen atoms in total. The second-order valence-corrected chi connectivity index (χ2v) is 7.97. The molecular formula is C24H29N5O3. The van der Waals surface area contributed by atoms with Crippen LogP contribution in [0.4, 0.5) is 0 Å². The lowest BCUT2D eigenvalue weighted by Crippen LogP contribution is -2.51. The number of carbonyl (C=O) groups excluding carboxylic acids is 2. The monoisotopic (exact) mass is 435 g/mol. The Morgan fingerprint density at radius 1 is 1.09 bits per heavy atom. The summed E-state index contributed by atoms with van der Waals surface area (Å²) in [5, 5.41) is 17.5. The first-order valence-electron chi connectivity index (χ1n) is 10.7. The van der Waals surface area contributed by atoms with Crippen LogP contribution < -0.4 is 5.32 Å². The standard InChI is InChI=1S/C24H29N5O3/c1-4-5-8-19(30)15-24(2,23(31)32-3)25-16-17-11-13-18(14-12-17)20-9-6-7-10-21(20)22-26-28-29-27-22/h6-7,9-14,25H,4-5,8,15-16H2,1-3H3,(H,26,27,28,29). The summed E-state index contributed by atoms with van der Waals surface area (Å²) in [5.74, 6) is 0.154. The van der Waals surface area contributed by atoms with E-state index < -0.39 is 11.5 Å². The van der Waals surface area contributed by atoms with Crippen molar-refractivity contribution in [2.75, 3.05) is 7.11 Å². The van der Waals surface area contributed by atoms with Crippen molar-refractivity contribution in [3.8, 4) is 22.5 Å². The van der Waals surface area contributed by atoms with E-state index in [4.69, 9.17) is 4.74 Å². The summed E-state index contributed by atoms with van der Waals surface area (Å²) < 4.78 is 4.96. The van der Waals surface area contributed by atoms with Gasteiger partial charge in [-0.1, -0.05) is 61.9 Å². The van der Waals surface area contributed by atoms with Gasteiger partial charge in [0.05, 0.1) is 7.11 Å². The molecule has 0 amide bonds. The lowest BCUT2D eigenvalue weighted by Gasteiger charge is -2.27. The molecule has 3 rings (SSSR count). The predicted octanol–water partition coefficient (Wildman–Crippen LogP) is 3.70. The van der Waals surface area contributed by atoms with E-state index in [1.165, 1.54) is 7.11 Å². The Labute approximate surface area is 187 Å². The van der Waals surface area contributed by atoms with Crippen molar-refractivity contribution in [1.82, 2.24) is 25.9 Å². The number of hydrogen-bond acceptors (Lipinski definition) is 7. The van der Waals surface area contributed by atoms with Gasteiger partial charge < -0.3 is 4.74 Å². The molecule has 0 bridgehead atoms. The number of nitrogens with zero attached hydrogens (tertiary/aromatic N) is 3. The highest BCUT2D eigenvalue weighted by atomic mass is 16.5. The average molecular weight is 436 g/mol. The number of H-pyrrole nitrogens is 1. The Hall–Kier alpha value is -3.39. The molecule has 1 heterocycles. The fourth-order valence-electron chi connectivity index (χ4n) is 3.59. The molecule has 0 saturated carbocycles. The molecular weight excluding hydrogens is 406 g/mol. The zero-order chi connectivity index (χ0) is 23.0. The van der Waals surface area contributed by atoms with Crippen molar-refractivity contribution in [1.29, 1.82) is 0 Å². The van der Waals surface area contributed by atoms with E-state index in [0.29, 0.717) is 18.8 Å². The number of esters is 1. The summed E-state index contributed by atoms with van der Waals surface area (Å²) in [5.41, 5.74) is 2.82. The number of ether oxygens (including phenoxy) is 1. The molecule has 32 heavy (non-hydrogen) atoms. The molecule has 1 atom stereocenters. The molecule has 0 aliphatic rings. The molecule has 0 saturated heterocycles. The van der Waals surface area contributed by atoms with Gasteiger partial charge in [0.1, 0.15) is 11.3 Å². The molecule has 0 spiro atoms. The van der Waals surface area contributed by atoms with Crippen LogP contribution in [0.5, 0.6) is 0 Å². The van der Waals surface area contributed by atoms with Crippen LogP contribution in [-0.2, 0) is 20.9 Å². The lowest BCUT2D eigenvalue weighted by molar-refractivity contribution is -0.150. The van der Waals surface area contributed by atoms with E-state index in [9.17, 15) is 9.59 Å². The highest BCUT2D eigenvalue weighted by Gasteiger charge is 2.36. The van der Waals surface area contributed by atoms with Gasteiger partial charge >= 0.3 is 5.97 Å². The van der Waals surface area contributed by atoms with Gasteiger partial charge in [-0.25, -0.2) is 0 Å². The number of rotatable bonds is 11. The highest BCUT2D eigenvalue weighted by Crippen LogP contribution is 2.29. The molecule has 1 unspecified atom stereocenters. The number of carbonyl (C=O) groups is 2. The first-order valence-corrected chi connectivity index (χ1v) is 10.7. The number of Topliss-reactive ketones (excluding diaryl/α,β-unsaturated/α-hetero) is 1. The van der Waals surface area contributed by atoms with Crippen LogP contribution in [0.2, 0.25) is 0 Å². The largest absolute Gasteiger partial charge is 0.468 e. The number of aromatic nitrogens is 4. The Balaban J connectivity index is 1.73. The highest BCUT2D eigenvalue weighted by molar-refractivity contribution is 5.89. The van der Waals surface area contributed by atoms with Crippen LogP contribution >= 0.6 is 0 Å². The predicted molar refractivity (Wildman–Crippen MR) is 121 cm³/mol. The number of methoxy groups -OCH3 is 1. The van der Waals surface area contributed by atoms with E-state index in [1.54, 1.807) is 6.92 Å². The number of aromatic amines is 1. The summed E-state index contributed by atoms with van der Waals surface area (Å²) in [7, 11) is 1.34. The Morgan fingerprint density at radius 3 is 2.44 bits per heavy atom. The van der Waals surface area contributed by atoms with E-state index in [0.717, 1.165) is 35.1 Å². The zero-order valence-corrected chi connectivity index (χ0v) is 18.7. The fraction of sp³-hybridized carbons (Fsp3) is 0.375. The average Bonchev–Trinajstić information content (AvgIpc) is 3.36. The van der Waals surface area contributed by atoms with Gasteiger partial charge in [0.25, 0.3) is 0 Å². The molecule has 0 fully saturated rings. The van der Waals surface area contributed by atoms with E-state index in [1.807, 2.05) is 55.5 Å². The molecule has 3 aromatic rings. The van der Waals surface area contributed by atoms with Gasteiger partial charge in [-0.2, -0.15) is 5.21 Å². The minimum atomic E-state index is -1.07. The van der Waals surface area contributed by atoms with Gasteiger partial charge in [-0.3, -0.25) is 14.9 Å². The topological polar surface area (TPSA) is 110 Å². The van der Waals surface area contributed by atoms with Gasteiger partial charge in [0.15, 0.2) is 0 Å². The third-order valence-electron chi connectivity index (χ3n) is 5.46. The third-order valence-corrected chi connectivity index (χ3v) is 5.46. The first-order chi connectivity index (χ1) is 15.5. The number of unbranched alkanes of at least 4 members (excludes halogenated alkanes) is 1. The van der Waals surface area contributed by atoms with Crippen LogP contribution in [0.3, 0.4) is 0 Å². The third kappa shape index (κ3) is 5.64. The Morgan fingerprint density at radius 2 is 1.81 bits per heavy atom. The molecule has 2 aromatic carbocycles. The number of hydrogen-bond donors (Lipinski definition) is 2. The van der Waals surface area contributed by atoms with Crippen molar-refractivity contribution in [2.24, 2.45) is 0 Å². The summed E-state index contributed by atoms with van der Waals surface area (Å²) in [6.07, 6.45) is 2.34. The molecule has 1 aromatic heterocycles. The van der Waals surface area contributed by atoms with Gasteiger partial charge in [-0.05, 0) is 35.2 Å². The van der Waals surface area contributed by atoms with E-state index in [2.05, 4.69) is 25.9 Å². The lowest BCUT2D eigenvalue weighted by atomic mass is 9.92. The minimum Gasteiger partial charge on any atom is -0.468 e. The minimum absolute atomic E-state index is 0.0562. The van der Waals surface area contributed by atoms with Gasteiger partial charge in [0.2, 0.25) is 5.82 Å². The van der Waals surface area contributed by atoms with Crippen LogP contribution in [-0.4, -0.2) is 45.0 Å². The summed E-state index contributed by atoms with van der Waals surface area (Å²) in [4.78, 5) is 24.7. The smallest absolute Gasteiger partial charge is 0.326 e. The van der Waals surface area contributed by atoms with Gasteiger partial charge in [-0.15, -0.1) is 10.2 Å². The summed E-state index contributed by atoms with van der Waals surface area (Å²) >= 11 is 0. The van der Waals surface area contributed by atoms with Crippen LogP contribution in [0.15, 0.2) is 48.5 Å². The SMILES string of the molecule is CCCCC(=O)CC(C)(NCc1ccc(-c2ccccc2-c2nn[nH]n2)cc1)C(=O)OC. The second-order valence-electron chi connectivity index (χ2n) is 7.97. The maximum Gasteiger partial charge on any atom is 0.326 e. The molecule has 168 valence electrons. The van der Waals surface area contributed by atoms with Crippen LogP contribution in [0, 0.1) is 0 Å². The molecule has 8 heteroatoms. The number of tetrazole rings is 1. The zero-order valence-electron chi connectivity index (χ0n) is 18.7. The summed E-state index contributed by atoms with van der Waals surface area (Å²) in [6, 6.07) is 15.9. The molecule has 0 aliphatic carbocycles. The molecule has 2 N–H and O–H groups in total. The summed E-state index contributed by atoms with van der Waals surface area (Å²) in [6.45, 7) is 4.19. The normalized spacial score (nSPS) is 12.8. The number of nitrogens with one attached hydrogen (secondary N) is 2. The molecule has 0 radical (unpaired) electrons. The van der Waals surface area contributed by atoms with Crippen molar-refractivity contribution in [2.45, 2.75) is 51.6 Å². The van der Waals surface area contributed by atoms with E-state index in [-0.39, 0.29) is 12.2 Å². The number of benzene rings is 2. The van der Waals surface area contributed by atoms with Crippen LogP contribution in [0.1, 0.15) is 45.1 Å². The quantitative estimate of drug-likeness (QED) is 0.442. The van der Waals surface area contributed by atoms with Crippen molar-refractivity contribution in [3.05, 3.63) is 54.1 Å². The van der Waals surface area contributed by atoms with Crippen LogP contribution in [0.25, 0.3) is 22.5 Å². The Kier molecular flexibility index (Phi) is 7.83. The Bertz CT molecular complexity index is 1030. The maximum atomic E-state index is 12.4. The van der Waals surface area contributed by atoms with E-state index >= 15 is 0 Å². The van der Waals surface area contributed by atoms with Crippen molar-refractivity contribution in [3.63, 3.8) is 0 Å². The maximum absolute atomic E-state index is 12.4. The molecule has 0 aliphatic heterocycles. The number of ketones is 1. The fourth-order valence-corrected chi connectivity index (χ4v) is 3.59. The van der Waals surface area contributed by atoms with Crippen molar-refractivity contribution < 1.29 is 14.3 Å². The van der Waals surface area contributed by atoms with Crippen molar-refractivity contribution >= 4 is 11.8 Å².